The van der Waals surface area contributed by atoms with Gasteiger partial charge in [-0.15, -0.1) is 0 Å². The third kappa shape index (κ3) is 5.22. The molecule has 1 amide bonds. The van der Waals surface area contributed by atoms with Crippen LogP contribution in [-0.4, -0.2) is 37.6 Å². The van der Waals surface area contributed by atoms with Crippen LogP contribution in [0, 0.1) is 0 Å². The second-order valence-corrected chi connectivity index (χ2v) is 10.7. The van der Waals surface area contributed by atoms with Gasteiger partial charge in [-0.2, -0.15) is 0 Å². The molecule has 1 saturated heterocycles. The molecular formula is C31H34BNO4. The number of carbonyl (C=O) groups excluding carboxylic acids is 1. The second-order valence-electron chi connectivity index (χ2n) is 10.7. The number of carbonyl (C=O) groups is 1. The number of ether oxygens (including phenoxy) is 1. The van der Waals surface area contributed by atoms with Crippen molar-refractivity contribution < 1.29 is 18.8 Å². The smallest absolute Gasteiger partial charge is 0.449 e. The van der Waals surface area contributed by atoms with E-state index in [-0.39, 0.29) is 24.2 Å². The van der Waals surface area contributed by atoms with E-state index in [4.69, 9.17) is 14.0 Å². The fraction of sp³-hybridized carbons (Fsp3) is 0.323. The third-order valence-electron chi connectivity index (χ3n) is 7.67. The van der Waals surface area contributed by atoms with Crippen molar-refractivity contribution in [2.45, 2.75) is 51.2 Å². The highest BCUT2D eigenvalue weighted by molar-refractivity contribution is 6.62. The Labute approximate surface area is 220 Å². The fourth-order valence-electron chi connectivity index (χ4n) is 4.91. The van der Waals surface area contributed by atoms with Crippen LogP contribution >= 0.6 is 0 Å². The van der Waals surface area contributed by atoms with Crippen molar-refractivity contribution in [1.82, 2.24) is 5.32 Å². The molecule has 0 saturated carbocycles. The average molecular weight is 495 g/mol. The van der Waals surface area contributed by atoms with Crippen LogP contribution in [0.5, 0.6) is 0 Å². The van der Waals surface area contributed by atoms with Crippen molar-refractivity contribution in [3.63, 3.8) is 0 Å². The highest BCUT2D eigenvalue weighted by Crippen LogP contribution is 2.44. The highest BCUT2D eigenvalue weighted by atomic mass is 16.7. The Balaban J connectivity index is 1.10. The number of amides is 1. The minimum absolute atomic E-state index is 0.0642. The maximum absolute atomic E-state index is 12.4. The number of fused-ring (bicyclic) bond motifs is 3. The van der Waals surface area contributed by atoms with E-state index in [1.54, 1.807) is 0 Å². The average Bonchev–Trinajstić information content (AvgIpc) is 3.32. The van der Waals surface area contributed by atoms with Gasteiger partial charge in [-0.1, -0.05) is 84.9 Å². The van der Waals surface area contributed by atoms with Crippen LogP contribution in [0.1, 0.15) is 56.7 Å². The minimum atomic E-state index is -0.391. The van der Waals surface area contributed by atoms with Gasteiger partial charge in [0.1, 0.15) is 6.61 Å². The Morgan fingerprint density at radius 1 is 0.919 bits per heavy atom. The molecule has 0 bridgehead atoms. The zero-order valence-electron chi connectivity index (χ0n) is 22.0. The van der Waals surface area contributed by atoms with E-state index < -0.39 is 6.09 Å². The lowest BCUT2D eigenvalue weighted by Gasteiger charge is -2.32. The number of rotatable bonds is 7. The summed E-state index contributed by atoms with van der Waals surface area (Å²) >= 11 is 0. The molecule has 1 fully saturated rings. The molecule has 1 aliphatic heterocycles. The quantitative estimate of drug-likeness (QED) is 0.326. The largest absolute Gasteiger partial charge is 0.494 e. The van der Waals surface area contributed by atoms with Crippen molar-refractivity contribution >= 4 is 24.8 Å². The van der Waals surface area contributed by atoms with E-state index >= 15 is 0 Å². The molecule has 190 valence electrons. The zero-order valence-corrected chi connectivity index (χ0v) is 22.0. The summed E-state index contributed by atoms with van der Waals surface area (Å²) in [4.78, 5) is 12.4. The van der Waals surface area contributed by atoms with Crippen molar-refractivity contribution in [3.8, 4) is 11.1 Å². The second kappa shape index (κ2) is 10.2. The molecule has 3 aromatic rings. The van der Waals surface area contributed by atoms with E-state index in [0.717, 1.165) is 11.0 Å². The van der Waals surface area contributed by atoms with E-state index in [0.29, 0.717) is 19.6 Å². The summed E-state index contributed by atoms with van der Waals surface area (Å²) in [5.74, 6) is 0.0642. The Bertz CT molecular complexity index is 1250. The van der Waals surface area contributed by atoms with Crippen LogP contribution in [0.2, 0.25) is 0 Å². The Morgan fingerprint density at radius 3 is 2.19 bits per heavy atom. The number of hydrogen-bond donors (Lipinski definition) is 1. The Hall–Kier alpha value is -3.35. The van der Waals surface area contributed by atoms with Gasteiger partial charge in [0.05, 0.1) is 11.2 Å². The Morgan fingerprint density at radius 2 is 1.54 bits per heavy atom. The van der Waals surface area contributed by atoms with Crippen LogP contribution in [0.4, 0.5) is 4.79 Å². The molecule has 0 spiro atoms. The molecule has 0 radical (unpaired) electrons. The molecule has 2 aliphatic rings. The fourth-order valence-corrected chi connectivity index (χ4v) is 4.91. The molecule has 1 heterocycles. The maximum Gasteiger partial charge on any atom is 0.494 e. The molecule has 6 heteroatoms. The van der Waals surface area contributed by atoms with Gasteiger partial charge in [-0.25, -0.2) is 4.79 Å². The third-order valence-corrected chi connectivity index (χ3v) is 7.67. The van der Waals surface area contributed by atoms with Gasteiger partial charge in [0.2, 0.25) is 0 Å². The van der Waals surface area contributed by atoms with E-state index in [1.165, 1.54) is 22.3 Å². The number of nitrogens with one attached hydrogen (secondary N) is 1. The SMILES string of the molecule is CC1(C)OB(c2cccc(C=CCCNC(=O)OCC3c4ccccc4-c4ccccc43)c2)OC1(C)C. The molecule has 0 atom stereocenters. The lowest BCUT2D eigenvalue weighted by Crippen LogP contribution is -2.41. The zero-order chi connectivity index (χ0) is 26.0. The van der Waals surface area contributed by atoms with Crippen LogP contribution in [0.15, 0.2) is 78.9 Å². The molecule has 0 unspecified atom stereocenters. The van der Waals surface area contributed by atoms with Crippen molar-refractivity contribution in [2.24, 2.45) is 0 Å². The van der Waals surface area contributed by atoms with E-state index in [9.17, 15) is 4.79 Å². The van der Waals surface area contributed by atoms with Gasteiger partial charge >= 0.3 is 13.2 Å². The van der Waals surface area contributed by atoms with Crippen molar-refractivity contribution in [2.75, 3.05) is 13.2 Å². The topological polar surface area (TPSA) is 56.8 Å². The molecule has 3 aromatic carbocycles. The number of alkyl carbamates (subject to hydrolysis) is 1. The predicted molar refractivity (Wildman–Crippen MR) is 149 cm³/mol. The molecule has 5 rings (SSSR count). The lowest BCUT2D eigenvalue weighted by atomic mass is 9.78. The minimum Gasteiger partial charge on any atom is -0.449 e. The monoisotopic (exact) mass is 495 g/mol. The van der Waals surface area contributed by atoms with Gasteiger partial charge < -0.3 is 19.4 Å². The highest BCUT2D eigenvalue weighted by Gasteiger charge is 2.51. The summed E-state index contributed by atoms with van der Waals surface area (Å²) in [7, 11) is -0.381. The maximum atomic E-state index is 12.4. The Kier molecular flexibility index (Phi) is 6.97. The number of benzene rings is 3. The first kappa shape index (κ1) is 25.3. The first-order chi connectivity index (χ1) is 17.7. The lowest BCUT2D eigenvalue weighted by molar-refractivity contribution is 0.00578. The van der Waals surface area contributed by atoms with Gasteiger partial charge in [-0.05, 0) is 67.4 Å². The first-order valence-electron chi connectivity index (χ1n) is 13.0. The van der Waals surface area contributed by atoms with Crippen LogP contribution < -0.4 is 10.8 Å². The molecule has 1 N–H and O–H groups in total. The summed E-state index contributed by atoms with van der Waals surface area (Å²) in [6, 6.07) is 24.8. The van der Waals surface area contributed by atoms with Gasteiger partial charge in [-0.3, -0.25) is 0 Å². The van der Waals surface area contributed by atoms with Crippen molar-refractivity contribution in [1.29, 1.82) is 0 Å². The standard InChI is InChI=1S/C31H34BNO4/c1-30(2)31(3,4)37-32(36-30)23-14-11-13-22(20-23)12-9-10-19-33-29(34)35-21-28-26-17-7-5-15-24(26)25-16-6-8-18-27(25)28/h5-9,11-18,20,28H,10,19,21H2,1-4H3,(H,33,34). The number of hydrogen-bond acceptors (Lipinski definition) is 4. The van der Waals surface area contributed by atoms with Crippen LogP contribution in [0.3, 0.4) is 0 Å². The summed E-state index contributed by atoms with van der Waals surface area (Å²) in [5, 5.41) is 2.86. The summed E-state index contributed by atoms with van der Waals surface area (Å²) in [6.45, 7) is 9.05. The van der Waals surface area contributed by atoms with E-state index in [2.05, 4.69) is 63.3 Å². The van der Waals surface area contributed by atoms with Crippen LogP contribution in [0.25, 0.3) is 17.2 Å². The summed E-state index contributed by atoms with van der Waals surface area (Å²) in [6.07, 6.45) is 4.41. The van der Waals surface area contributed by atoms with Gasteiger partial charge in [0.25, 0.3) is 0 Å². The van der Waals surface area contributed by atoms with E-state index in [1.807, 2.05) is 54.6 Å². The summed E-state index contributed by atoms with van der Waals surface area (Å²) in [5.41, 5.74) is 6.19. The first-order valence-corrected chi connectivity index (χ1v) is 13.0. The summed E-state index contributed by atoms with van der Waals surface area (Å²) < 4.78 is 17.9. The molecule has 37 heavy (non-hydrogen) atoms. The molecule has 5 nitrogen and oxygen atoms in total. The van der Waals surface area contributed by atoms with Gasteiger partial charge in [0, 0.05) is 12.5 Å². The van der Waals surface area contributed by atoms with Gasteiger partial charge in [0.15, 0.2) is 0 Å². The van der Waals surface area contributed by atoms with Crippen molar-refractivity contribution in [3.05, 3.63) is 95.6 Å². The molecular weight excluding hydrogens is 461 g/mol. The molecule has 0 aromatic heterocycles. The van der Waals surface area contributed by atoms with Crippen LogP contribution in [-0.2, 0) is 14.0 Å². The predicted octanol–water partition coefficient (Wildman–Crippen LogP) is 5.93. The normalized spacial score (nSPS) is 17.6. The molecule has 1 aliphatic carbocycles.